The number of carboxylic acids is 4. The Hall–Kier alpha value is -12.4. The molecule has 15 atom stereocenters. The molecule has 0 radical (unpaired) electrons. The molecular formula is C78H127N23O24. The molecule has 0 saturated carbocycles. The smallest absolute Gasteiger partial charge is 0.328 e. The van der Waals surface area contributed by atoms with E-state index in [-0.39, 0.29) is 109 Å². The number of benzene rings is 1. The molecular weight excluding hydrogens is 1640 g/mol. The fraction of sp³-hybridized carbons (Fsp3) is 0.654. The van der Waals surface area contributed by atoms with Crippen molar-refractivity contribution in [1.29, 1.82) is 10.8 Å². The van der Waals surface area contributed by atoms with E-state index in [0.717, 1.165) is 4.90 Å². The van der Waals surface area contributed by atoms with Crippen LogP contribution in [0.25, 0.3) is 0 Å². The van der Waals surface area contributed by atoms with Gasteiger partial charge in [0.2, 0.25) is 88.6 Å². The molecule has 3 rings (SSSR count). The van der Waals surface area contributed by atoms with Gasteiger partial charge in [0.15, 0.2) is 11.9 Å². The number of guanidine groups is 2. The molecule has 47 heteroatoms. The van der Waals surface area contributed by atoms with E-state index in [1.807, 2.05) is 5.32 Å². The Balaban J connectivity index is 1.97. The van der Waals surface area contributed by atoms with Gasteiger partial charge >= 0.3 is 23.9 Å². The molecule has 125 heavy (non-hydrogen) atoms. The van der Waals surface area contributed by atoms with Gasteiger partial charge in [0.1, 0.15) is 84.6 Å². The van der Waals surface area contributed by atoms with Crippen molar-refractivity contribution in [3.8, 4) is 0 Å². The summed E-state index contributed by atoms with van der Waals surface area (Å²) in [6, 6.07) is -15.1. The lowest BCUT2D eigenvalue weighted by Gasteiger charge is -2.30. The number of primary amides is 1. The molecule has 1 aromatic carbocycles. The molecule has 47 nitrogen and oxygen atoms in total. The number of carbonyl (C=O) groups is 19. The number of nitrogens with two attached hydrogens (primary N) is 4. The number of nitrogens with zero attached hydrogens (tertiary/aromatic N) is 1. The minimum Gasteiger partial charge on any atom is -0.481 e. The Morgan fingerprint density at radius 2 is 0.872 bits per heavy atom. The fourth-order valence-electron chi connectivity index (χ4n) is 13.5. The second-order valence-corrected chi connectivity index (χ2v) is 31.8. The normalized spacial score (nSPS) is 16.7. The maximum Gasteiger partial charge on any atom is 0.328 e. The van der Waals surface area contributed by atoms with E-state index in [1.165, 1.54) is 6.92 Å². The Morgan fingerprint density at radius 1 is 0.448 bits per heavy atom. The molecule has 15 amide bonds. The first-order chi connectivity index (χ1) is 58.9. The highest BCUT2D eigenvalue weighted by Gasteiger charge is 2.43. The van der Waals surface area contributed by atoms with Gasteiger partial charge in [0.25, 0.3) is 0 Å². The number of amides is 15. The van der Waals surface area contributed by atoms with E-state index < -0.39 is 272 Å². The van der Waals surface area contributed by atoms with Gasteiger partial charge in [-0.3, -0.25) is 97.1 Å². The SMILES string of the molecule is CC(C)C[C@H](NC(=O)[C@H](CCCNC(=N)N)NC(=O)[C@H](CC(C)C)NC(=O)[C@H](CCC(=O)O)NC(=O)[C@H](CCCCN)NC(=O)[C@H](Cc1ccccc1)NC(=O)[C@@H]1CCCN1C(=O)[C@H](CC(=O)O)NC(=O)[C@H](C)NC(=O)[C@H](CCCNC(=N)N)NC(=O)[C@@H](NC(=O)[C@H](CC(N)=O)NC(=O)[C@@H]1CCCN1)C(C)C)C(=O)N[C@@H](CCC(=O)O)C(=O)N[C@@H](CO)C(=O)O. The van der Waals surface area contributed by atoms with Crippen molar-refractivity contribution in [3.05, 3.63) is 35.9 Å². The third-order valence-corrected chi connectivity index (χ3v) is 20.0. The average Bonchev–Trinajstić information content (AvgIpc) is 1.69. The summed E-state index contributed by atoms with van der Waals surface area (Å²) in [5.41, 5.74) is 22.7. The predicted molar refractivity (Wildman–Crippen MR) is 446 cm³/mol. The fourth-order valence-corrected chi connectivity index (χ4v) is 13.5. The zero-order valence-electron chi connectivity index (χ0n) is 71.4. The first-order valence-corrected chi connectivity index (χ1v) is 41.5. The number of aliphatic hydroxyl groups excluding tert-OH is 1. The number of unbranched alkanes of at least 4 members (excludes halogenated alkanes) is 1. The largest absolute Gasteiger partial charge is 0.481 e. The molecule has 0 spiro atoms. The van der Waals surface area contributed by atoms with Crippen molar-refractivity contribution in [2.45, 2.75) is 268 Å². The molecule has 0 bridgehead atoms. The molecule has 2 fully saturated rings. The summed E-state index contributed by atoms with van der Waals surface area (Å²) in [7, 11) is 0. The zero-order valence-corrected chi connectivity index (χ0v) is 71.4. The molecule has 2 heterocycles. The van der Waals surface area contributed by atoms with Gasteiger partial charge in [0.05, 0.1) is 25.5 Å². The molecule has 698 valence electrons. The lowest BCUT2D eigenvalue weighted by Crippen LogP contribution is -2.61. The third kappa shape index (κ3) is 39.7. The van der Waals surface area contributed by atoms with Gasteiger partial charge in [0, 0.05) is 38.9 Å². The van der Waals surface area contributed by atoms with E-state index in [0.29, 0.717) is 24.9 Å². The monoisotopic (exact) mass is 1770 g/mol. The van der Waals surface area contributed by atoms with Gasteiger partial charge in [-0.05, 0) is 140 Å². The van der Waals surface area contributed by atoms with Crippen LogP contribution in [0.1, 0.15) is 176 Å². The third-order valence-electron chi connectivity index (χ3n) is 20.0. The van der Waals surface area contributed by atoms with Crippen molar-refractivity contribution in [1.82, 2.24) is 90.0 Å². The first kappa shape index (κ1) is 107. The molecule has 2 aliphatic rings. The Morgan fingerprint density at radius 3 is 1.30 bits per heavy atom. The summed E-state index contributed by atoms with van der Waals surface area (Å²) in [5.74, 6) is -23.5. The van der Waals surface area contributed by atoms with Crippen LogP contribution in [0, 0.1) is 28.6 Å². The second-order valence-electron chi connectivity index (χ2n) is 31.8. The topological polar surface area (TPSA) is 773 Å². The average molecular weight is 1770 g/mol. The van der Waals surface area contributed by atoms with Crippen LogP contribution in [-0.2, 0) is 97.5 Å². The van der Waals surface area contributed by atoms with Crippen LogP contribution in [0.5, 0.6) is 0 Å². The number of carboxylic acid groups (broad SMARTS) is 4. The van der Waals surface area contributed by atoms with Gasteiger partial charge in [-0.1, -0.05) is 71.9 Å². The molecule has 0 aliphatic carbocycles. The van der Waals surface area contributed by atoms with Crippen LogP contribution in [0.4, 0.5) is 0 Å². The standard InChI is InChI=1S/C78H127N23O24/c1-39(2)33-50(69(117)90-47(22-15-31-87-78(83)84)66(114)94-51(34-40(3)4)70(118)92-49(25-27-59(106)107)68(116)99-55(38-102)76(124)125)95-67(115)48(24-26-58(104)105)91-65(113)45(19-11-12-28-79)89-71(119)52(35-43-17-9-8-10-18-43)97-73(121)56-23-16-32-101(56)75(123)54(37-60(108)109)98-62(110)42(7)88-64(112)46(21-14-30-86-77(81)82)93-74(122)61(41(5)6)100-72(120)53(36-57(80)103)96-63(111)44-20-13-29-85-44/h8-10,17-18,39-42,44-56,61,85,102H,11-16,19-38,79H2,1-7H3,(H2,80,103)(H,88,112)(H,89,119)(H,90,117)(H,91,113)(H,92,118)(H,93,122)(H,94,114)(H,95,115)(H,96,111)(H,97,121)(H,98,110)(H,99,116)(H,100,120)(H,104,105)(H,106,107)(H,108,109)(H,124,125)(H4,81,82,86)(H4,83,84,87)/t42-,44-,45-,46-,47-,48-,49-,50-,51-,52-,53-,54-,55-,56-,61-/m0/s1. The summed E-state index contributed by atoms with van der Waals surface area (Å²) in [5, 5.41) is 104. The number of hydrogen-bond acceptors (Lipinski definition) is 24. The van der Waals surface area contributed by atoms with Crippen molar-refractivity contribution < 1.29 is 117 Å². The van der Waals surface area contributed by atoms with Gasteiger partial charge in [-0.15, -0.1) is 0 Å². The zero-order chi connectivity index (χ0) is 93.9. The molecule has 1 aromatic rings. The summed E-state index contributed by atoms with van der Waals surface area (Å²) < 4.78 is 0. The van der Waals surface area contributed by atoms with Crippen LogP contribution in [-0.4, -0.2) is 285 Å². The second kappa shape index (κ2) is 54.9. The van der Waals surface area contributed by atoms with Crippen LogP contribution < -0.4 is 108 Å². The highest BCUT2D eigenvalue weighted by Crippen LogP contribution is 2.22. The lowest BCUT2D eigenvalue weighted by molar-refractivity contribution is -0.146. The number of nitrogens with one attached hydrogen (secondary N) is 18. The number of aliphatic carboxylic acids is 4. The molecule has 2 saturated heterocycles. The Bertz CT molecular complexity index is 3910. The van der Waals surface area contributed by atoms with Crippen LogP contribution in [0.3, 0.4) is 0 Å². The van der Waals surface area contributed by atoms with E-state index in [2.05, 4.69) is 79.8 Å². The molecule has 0 aromatic heterocycles. The highest BCUT2D eigenvalue weighted by molar-refractivity contribution is 6.02. The highest BCUT2D eigenvalue weighted by atomic mass is 16.4. The number of carbonyl (C=O) groups excluding carboxylic acids is 15. The first-order valence-electron chi connectivity index (χ1n) is 41.5. The van der Waals surface area contributed by atoms with Crippen LogP contribution >= 0.6 is 0 Å². The maximum absolute atomic E-state index is 14.9. The maximum atomic E-state index is 14.9. The van der Waals surface area contributed by atoms with Crippen LogP contribution in [0.15, 0.2) is 30.3 Å². The lowest BCUT2D eigenvalue weighted by atomic mass is 9.99. The molecule has 2 aliphatic heterocycles. The number of rotatable bonds is 58. The van der Waals surface area contributed by atoms with Gasteiger partial charge in [-0.25, -0.2) is 4.79 Å². The Labute approximate surface area is 722 Å². The number of likely N-dealkylation sites (tertiary alicyclic amines) is 1. The minimum absolute atomic E-state index is 0.00917. The summed E-state index contributed by atoms with van der Waals surface area (Å²) >= 11 is 0. The summed E-state index contributed by atoms with van der Waals surface area (Å²) in [4.78, 5) is 260. The van der Waals surface area contributed by atoms with Crippen molar-refractivity contribution in [3.63, 3.8) is 0 Å². The van der Waals surface area contributed by atoms with Gasteiger partial charge < -0.3 is 138 Å². The number of aliphatic hydroxyl groups is 1. The Kier molecular flexibility index (Phi) is 46.9. The summed E-state index contributed by atoms with van der Waals surface area (Å²) in [6.07, 6.45) is -3.93. The quantitative estimate of drug-likeness (QED) is 0.0164. The number of hydrogen-bond donors (Lipinski definition) is 27. The van der Waals surface area contributed by atoms with Crippen molar-refractivity contribution >= 4 is 124 Å². The van der Waals surface area contributed by atoms with E-state index >= 15 is 0 Å². The van der Waals surface area contributed by atoms with Crippen molar-refractivity contribution in [2.75, 3.05) is 39.3 Å². The van der Waals surface area contributed by atoms with Crippen molar-refractivity contribution in [2.24, 2.45) is 40.7 Å². The van der Waals surface area contributed by atoms with Crippen LogP contribution in [0.2, 0.25) is 0 Å². The molecule has 31 N–H and O–H groups in total. The van der Waals surface area contributed by atoms with E-state index in [4.69, 9.17) is 33.8 Å². The molecule has 0 unspecified atom stereocenters. The van der Waals surface area contributed by atoms with Gasteiger partial charge in [-0.2, -0.15) is 0 Å². The summed E-state index contributed by atoms with van der Waals surface area (Å²) in [6.45, 7) is 10.3. The van der Waals surface area contributed by atoms with E-state index in [1.54, 1.807) is 71.9 Å². The minimum atomic E-state index is -1.92. The van der Waals surface area contributed by atoms with E-state index in [9.17, 15) is 117 Å². The predicted octanol–water partition coefficient (Wildman–Crippen LogP) is -7.15.